The van der Waals surface area contributed by atoms with Gasteiger partial charge in [-0.3, -0.25) is 0 Å². The van der Waals surface area contributed by atoms with Gasteiger partial charge in [0.1, 0.15) is 6.07 Å². The minimum Gasteiger partial charge on any atom is -0.371 e. The van der Waals surface area contributed by atoms with Crippen molar-refractivity contribution in [2.45, 2.75) is 45.1 Å². The maximum atomic E-state index is 9.21. The van der Waals surface area contributed by atoms with Crippen molar-refractivity contribution in [3.63, 3.8) is 0 Å². The first-order valence-corrected chi connectivity index (χ1v) is 6.46. The highest BCUT2D eigenvalue weighted by Crippen LogP contribution is 2.28. The molecule has 2 rings (SSSR count). The van der Waals surface area contributed by atoms with E-state index in [4.69, 9.17) is 0 Å². The van der Waals surface area contributed by atoms with E-state index in [-0.39, 0.29) is 0 Å². The fourth-order valence-corrected chi connectivity index (χ4v) is 2.71. The highest BCUT2D eigenvalue weighted by molar-refractivity contribution is 5.60. The zero-order chi connectivity index (χ0) is 12.3. The Balaban J connectivity index is 2.23. The number of nitrogens with zero attached hydrogens (tertiary/aromatic N) is 2. The quantitative estimate of drug-likeness (QED) is 0.772. The molecule has 2 heteroatoms. The van der Waals surface area contributed by atoms with Gasteiger partial charge in [-0.25, -0.2) is 0 Å². The van der Waals surface area contributed by atoms with E-state index in [0.717, 1.165) is 16.8 Å². The lowest BCUT2D eigenvalue weighted by molar-refractivity contribution is 0.427. The lowest BCUT2D eigenvalue weighted by atomic mass is 9.93. The Kier molecular flexibility index (Phi) is 3.68. The second kappa shape index (κ2) is 5.23. The summed E-state index contributed by atoms with van der Waals surface area (Å²) in [6, 6.07) is 9.08. The average Bonchev–Trinajstić information content (AvgIpc) is 2.39. The summed E-state index contributed by atoms with van der Waals surface area (Å²) in [6.45, 7) is 2.03. The largest absolute Gasteiger partial charge is 0.371 e. The zero-order valence-corrected chi connectivity index (χ0v) is 10.7. The lowest BCUT2D eigenvalue weighted by Crippen LogP contribution is -2.33. The van der Waals surface area contributed by atoms with Crippen LogP contribution in [0.3, 0.4) is 0 Å². The van der Waals surface area contributed by atoms with Gasteiger partial charge in [-0.2, -0.15) is 5.26 Å². The number of hydrogen-bond acceptors (Lipinski definition) is 2. The standard InChI is InChI=1S/C15H20N2/c1-12-8-9-15(13(10-12)11-16)17(2)14-6-4-3-5-7-14/h8-10,14H,3-7H2,1-2H3. The van der Waals surface area contributed by atoms with Crippen molar-refractivity contribution in [2.24, 2.45) is 0 Å². The normalized spacial score (nSPS) is 16.5. The van der Waals surface area contributed by atoms with E-state index >= 15 is 0 Å². The maximum Gasteiger partial charge on any atom is 0.101 e. The van der Waals surface area contributed by atoms with Gasteiger partial charge >= 0.3 is 0 Å². The van der Waals surface area contributed by atoms with Crippen molar-refractivity contribution in [3.05, 3.63) is 29.3 Å². The van der Waals surface area contributed by atoms with Crippen LogP contribution < -0.4 is 4.90 Å². The van der Waals surface area contributed by atoms with Gasteiger partial charge in [0.05, 0.1) is 11.3 Å². The summed E-state index contributed by atoms with van der Waals surface area (Å²) in [5, 5.41) is 9.21. The minimum atomic E-state index is 0.610. The van der Waals surface area contributed by atoms with Crippen LogP contribution in [0.15, 0.2) is 18.2 Å². The second-order valence-corrected chi connectivity index (χ2v) is 5.04. The molecule has 1 saturated carbocycles. The molecule has 90 valence electrons. The topological polar surface area (TPSA) is 27.0 Å². The van der Waals surface area contributed by atoms with Crippen LogP contribution in [-0.2, 0) is 0 Å². The number of nitriles is 1. The van der Waals surface area contributed by atoms with Crippen LogP contribution >= 0.6 is 0 Å². The SMILES string of the molecule is Cc1ccc(N(C)C2CCCCC2)c(C#N)c1. The third-order valence-corrected chi connectivity index (χ3v) is 3.77. The Morgan fingerprint density at radius 2 is 1.94 bits per heavy atom. The average molecular weight is 228 g/mol. The predicted octanol–water partition coefficient (Wildman–Crippen LogP) is 3.64. The van der Waals surface area contributed by atoms with Gasteiger partial charge in [-0.15, -0.1) is 0 Å². The van der Waals surface area contributed by atoms with E-state index in [1.54, 1.807) is 0 Å². The first-order chi connectivity index (χ1) is 8.22. The maximum absolute atomic E-state index is 9.21. The molecule has 1 aliphatic rings. The van der Waals surface area contributed by atoms with Gasteiger partial charge in [0.15, 0.2) is 0 Å². The molecule has 0 saturated heterocycles. The van der Waals surface area contributed by atoms with Crippen LogP contribution in [0.2, 0.25) is 0 Å². The van der Waals surface area contributed by atoms with Gasteiger partial charge in [-0.1, -0.05) is 25.3 Å². The van der Waals surface area contributed by atoms with Crippen molar-refractivity contribution < 1.29 is 0 Å². The zero-order valence-electron chi connectivity index (χ0n) is 10.7. The van der Waals surface area contributed by atoms with Crippen LogP contribution in [0.4, 0.5) is 5.69 Å². The van der Waals surface area contributed by atoms with E-state index in [9.17, 15) is 5.26 Å². The summed E-state index contributed by atoms with van der Waals surface area (Å²) < 4.78 is 0. The van der Waals surface area contributed by atoms with Crippen LogP contribution in [0.5, 0.6) is 0 Å². The molecule has 0 bridgehead atoms. The summed E-state index contributed by atoms with van der Waals surface area (Å²) >= 11 is 0. The monoisotopic (exact) mass is 228 g/mol. The first-order valence-electron chi connectivity index (χ1n) is 6.46. The molecule has 1 fully saturated rings. The van der Waals surface area contributed by atoms with E-state index in [2.05, 4.69) is 30.1 Å². The molecule has 0 unspecified atom stereocenters. The molecule has 1 aromatic rings. The van der Waals surface area contributed by atoms with Gasteiger partial charge in [0, 0.05) is 13.1 Å². The fourth-order valence-electron chi connectivity index (χ4n) is 2.71. The van der Waals surface area contributed by atoms with Crippen LogP contribution in [0.1, 0.15) is 43.2 Å². The molecule has 0 atom stereocenters. The van der Waals surface area contributed by atoms with Crippen LogP contribution in [0, 0.1) is 18.3 Å². The van der Waals surface area contributed by atoms with Crippen molar-refractivity contribution >= 4 is 5.69 Å². The third kappa shape index (κ3) is 2.61. The predicted molar refractivity (Wildman–Crippen MR) is 71.2 cm³/mol. The second-order valence-electron chi connectivity index (χ2n) is 5.04. The Morgan fingerprint density at radius 1 is 1.24 bits per heavy atom. The molecular weight excluding hydrogens is 208 g/mol. The van der Waals surface area contributed by atoms with Crippen LogP contribution in [-0.4, -0.2) is 13.1 Å². The summed E-state index contributed by atoms with van der Waals surface area (Å²) in [5.41, 5.74) is 3.05. The molecule has 0 aromatic heterocycles. The molecule has 0 spiro atoms. The Bertz CT molecular complexity index is 425. The first kappa shape index (κ1) is 12.0. The molecule has 1 aromatic carbocycles. The Labute approximate surface area is 104 Å². The number of anilines is 1. The molecule has 1 aliphatic carbocycles. The van der Waals surface area contributed by atoms with Crippen molar-refractivity contribution in [2.75, 3.05) is 11.9 Å². The van der Waals surface area contributed by atoms with Gasteiger partial charge < -0.3 is 4.90 Å². The summed E-state index contributed by atoms with van der Waals surface area (Å²) in [7, 11) is 2.13. The minimum absolute atomic E-state index is 0.610. The Morgan fingerprint density at radius 3 is 2.59 bits per heavy atom. The fraction of sp³-hybridized carbons (Fsp3) is 0.533. The van der Waals surface area contributed by atoms with Crippen molar-refractivity contribution in [1.29, 1.82) is 5.26 Å². The number of hydrogen-bond donors (Lipinski definition) is 0. The van der Waals surface area contributed by atoms with Crippen molar-refractivity contribution in [1.82, 2.24) is 0 Å². The van der Waals surface area contributed by atoms with Gasteiger partial charge in [0.25, 0.3) is 0 Å². The molecule has 0 radical (unpaired) electrons. The highest BCUT2D eigenvalue weighted by atomic mass is 15.1. The van der Waals surface area contributed by atoms with Crippen LogP contribution in [0.25, 0.3) is 0 Å². The molecule has 0 heterocycles. The van der Waals surface area contributed by atoms with E-state index in [1.807, 2.05) is 13.0 Å². The van der Waals surface area contributed by atoms with Crippen molar-refractivity contribution in [3.8, 4) is 6.07 Å². The van der Waals surface area contributed by atoms with Gasteiger partial charge in [-0.05, 0) is 37.5 Å². The summed E-state index contributed by atoms with van der Waals surface area (Å²) in [5.74, 6) is 0. The number of aryl methyl sites for hydroxylation is 1. The number of benzene rings is 1. The molecule has 2 nitrogen and oxygen atoms in total. The Hall–Kier alpha value is -1.49. The van der Waals surface area contributed by atoms with E-state index < -0.39 is 0 Å². The molecule has 0 amide bonds. The summed E-state index contributed by atoms with van der Waals surface area (Å²) in [4.78, 5) is 2.30. The third-order valence-electron chi connectivity index (χ3n) is 3.77. The molecule has 0 N–H and O–H groups in total. The van der Waals surface area contributed by atoms with E-state index in [0.29, 0.717) is 6.04 Å². The molecular formula is C15H20N2. The smallest absolute Gasteiger partial charge is 0.101 e. The van der Waals surface area contributed by atoms with Gasteiger partial charge in [0.2, 0.25) is 0 Å². The van der Waals surface area contributed by atoms with E-state index in [1.165, 1.54) is 32.1 Å². The number of rotatable bonds is 2. The highest BCUT2D eigenvalue weighted by Gasteiger charge is 2.20. The molecule has 17 heavy (non-hydrogen) atoms. The molecule has 0 aliphatic heterocycles. The summed E-state index contributed by atoms with van der Waals surface area (Å²) in [6.07, 6.45) is 6.53. The lowest BCUT2D eigenvalue weighted by Gasteiger charge is -2.33.